The Kier molecular flexibility index (Phi) is 3.99. The number of halogens is 1. The van der Waals surface area contributed by atoms with Crippen molar-refractivity contribution in [1.29, 1.82) is 0 Å². The number of hydrogen-bond acceptors (Lipinski definition) is 3. The zero-order chi connectivity index (χ0) is 14.9. The van der Waals surface area contributed by atoms with Crippen LogP contribution in [0.5, 0.6) is 0 Å². The Balaban J connectivity index is 2.21. The third-order valence-electron chi connectivity index (χ3n) is 3.14. The lowest BCUT2D eigenvalue weighted by Gasteiger charge is -2.28. The van der Waals surface area contributed by atoms with E-state index in [1.165, 1.54) is 17.0 Å². The number of amides is 1. The van der Waals surface area contributed by atoms with Gasteiger partial charge in [0.2, 0.25) is 0 Å². The molecule has 110 valence electrons. The van der Waals surface area contributed by atoms with Gasteiger partial charge in [0.1, 0.15) is 11.4 Å². The van der Waals surface area contributed by atoms with Crippen molar-refractivity contribution in [3.8, 4) is 0 Å². The average molecular weight is 281 g/mol. The fourth-order valence-corrected chi connectivity index (χ4v) is 2.37. The van der Waals surface area contributed by atoms with Gasteiger partial charge in [0.25, 0.3) is 0 Å². The second kappa shape index (κ2) is 5.40. The number of β-amino-alcohol motifs (C(OH)–C–C–N with tert-alkyl or cyclic N) is 1. The number of carbonyl (C=O) groups excluding carboxylic acids is 1. The SMILES string of the molecule is CC(C)(C)OC(=O)N1C[C@H](O)CC1c1cccc(F)c1. The summed E-state index contributed by atoms with van der Waals surface area (Å²) in [5, 5.41) is 9.80. The minimum Gasteiger partial charge on any atom is -0.444 e. The van der Waals surface area contributed by atoms with Gasteiger partial charge in [0, 0.05) is 0 Å². The van der Waals surface area contributed by atoms with E-state index in [0.29, 0.717) is 12.0 Å². The molecule has 1 N–H and O–H groups in total. The van der Waals surface area contributed by atoms with E-state index in [-0.39, 0.29) is 18.4 Å². The molecule has 1 saturated heterocycles. The fourth-order valence-electron chi connectivity index (χ4n) is 2.37. The van der Waals surface area contributed by atoms with Gasteiger partial charge in [0.05, 0.1) is 18.7 Å². The van der Waals surface area contributed by atoms with Crippen LogP contribution in [-0.2, 0) is 4.74 Å². The summed E-state index contributed by atoms with van der Waals surface area (Å²) in [4.78, 5) is 13.6. The summed E-state index contributed by atoms with van der Waals surface area (Å²) in [6.45, 7) is 5.56. The Morgan fingerprint density at radius 2 is 2.15 bits per heavy atom. The number of benzene rings is 1. The largest absolute Gasteiger partial charge is 0.444 e. The van der Waals surface area contributed by atoms with Gasteiger partial charge < -0.3 is 9.84 Å². The summed E-state index contributed by atoms with van der Waals surface area (Å²) in [7, 11) is 0. The summed E-state index contributed by atoms with van der Waals surface area (Å²) in [6.07, 6.45) is -0.706. The monoisotopic (exact) mass is 281 g/mol. The smallest absolute Gasteiger partial charge is 0.410 e. The van der Waals surface area contributed by atoms with Crippen LogP contribution in [0.1, 0.15) is 38.8 Å². The minimum absolute atomic E-state index is 0.204. The fraction of sp³-hybridized carbons (Fsp3) is 0.533. The van der Waals surface area contributed by atoms with Gasteiger partial charge in [-0.25, -0.2) is 9.18 Å². The molecule has 20 heavy (non-hydrogen) atoms. The van der Waals surface area contributed by atoms with E-state index in [2.05, 4.69) is 0 Å². The molecule has 2 rings (SSSR count). The quantitative estimate of drug-likeness (QED) is 0.861. The van der Waals surface area contributed by atoms with Gasteiger partial charge in [-0.15, -0.1) is 0 Å². The van der Waals surface area contributed by atoms with Crippen molar-refractivity contribution in [1.82, 2.24) is 4.90 Å². The molecule has 5 heteroatoms. The van der Waals surface area contributed by atoms with Crippen LogP contribution in [0.25, 0.3) is 0 Å². The molecule has 1 amide bonds. The van der Waals surface area contributed by atoms with E-state index in [4.69, 9.17) is 4.74 Å². The molecule has 0 bridgehead atoms. The summed E-state index contributed by atoms with van der Waals surface area (Å²) in [6, 6.07) is 5.74. The standard InChI is InChI=1S/C15H20FNO3/c1-15(2,3)20-14(19)17-9-12(18)8-13(17)10-5-4-6-11(16)7-10/h4-7,12-13,18H,8-9H2,1-3H3/t12-,13?/m1/s1. The number of nitrogens with zero attached hydrogens (tertiary/aromatic N) is 1. The number of rotatable bonds is 1. The highest BCUT2D eigenvalue weighted by Crippen LogP contribution is 2.33. The highest BCUT2D eigenvalue weighted by molar-refractivity contribution is 5.69. The Labute approximate surface area is 118 Å². The number of likely N-dealkylation sites (tertiary alicyclic amines) is 1. The third kappa shape index (κ3) is 3.48. The van der Waals surface area contributed by atoms with Crippen LogP contribution in [0.4, 0.5) is 9.18 Å². The van der Waals surface area contributed by atoms with Gasteiger partial charge >= 0.3 is 6.09 Å². The maximum atomic E-state index is 13.3. The number of ether oxygens (including phenoxy) is 1. The first-order valence-electron chi connectivity index (χ1n) is 6.69. The second-order valence-corrected chi connectivity index (χ2v) is 6.09. The van der Waals surface area contributed by atoms with Gasteiger partial charge in [0.15, 0.2) is 0 Å². The molecule has 0 radical (unpaired) electrons. The van der Waals surface area contributed by atoms with E-state index in [1.807, 2.05) is 0 Å². The van der Waals surface area contributed by atoms with Crippen molar-refractivity contribution in [2.24, 2.45) is 0 Å². The molecule has 1 aliphatic rings. The predicted octanol–water partition coefficient (Wildman–Crippen LogP) is 2.87. The summed E-state index contributed by atoms with van der Waals surface area (Å²) in [5.74, 6) is -0.354. The van der Waals surface area contributed by atoms with Crippen LogP contribution in [0.3, 0.4) is 0 Å². The lowest BCUT2D eigenvalue weighted by atomic mass is 10.0. The van der Waals surface area contributed by atoms with Crippen molar-refractivity contribution in [3.63, 3.8) is 0 Å². The first kappa shape index (κ1) is 14.8. The van der Waals surface area contributed by atoms with Crippen molar-refractivity contribution < 1.29 is 19.0 Å². The average Bonchev–Trinajstić information content (AvgIpc) is 2.69. The Morgan fingerprint density at radius 3 is 2.75 bits per heavy atom. The molecule has 0 aromatic heterocycles. The predicted molar refractivity (Wildman–Crippen MR) is 72.7 cm³/mol. The van der Waals surface area contributed by atoms with E-state index < -0.39 is 17.8 Å². The van der Waals surface area contributed by atoms with Gasteiger partial charge in [-0.2, -0.15) is 0 Å². The third-order valence-corrected chi connectivity index (χ3v) is 3.14. The lowest BCUT2D eigenvalue weighted by Crippen LogP contribution is -2.37. The van der Waals surface area contributed by atoms with Crippen LogP contribution in [0.2, 0.25) is 0 Å². The molecule has 1 unspecified atom stereocenters. The molecular weight excluding hydrogens is 261 g/mol. The van der Waals surface area contributed by atoms with Crippen molar-refractivity contribution in [3.05, 3.63) is 35.6 Å². The summed E-state index contributed by atoms with van der Waals surface area (Å²) >= 11 is 0. The van der Waals surface area contributed by atoms with Crippen molar-refractivity contribution in [2.45, 2.75) is 44.9 Å². The Bertz CT molecular complexity index is 498. The molecule has 1 fully saturated rings. The van der Waals surface area contributed by atoms with E-state index >= 15 is 0 Å². The maximum Gasteiger partial charge on any atom is 0.410 e. The zero-order valence-corrected chi connectivity index (χ0v) is 12.0. The van der Waals surface area contributed by atoms with Crippen molar-refractivity contribution in [2.75, 3.05) is 6.54 Å². The number of hydrogen-bond donors (Lipinski definition) is 1. The molecule has 0 spiro atoms. The summed E-state index contributed by atoms with van der Waals surface area (Å²) < 4.78 is 18.7. The molecule has 1 aromatic rings. The molecule has 0 saturated carbocycles. The van der Waals surface area contributed by atoms with Gasteiger partial charge in [-0.1, -0.05) is 12.1 Å². The van der Waals surface area contributed by atoms with Crippen molar-refractivity contribution >= 4 is 6.09 Å². The van der Waals surface area contributed by atoms with Crippen LogP contribution < -0.4 is 0 Å². The highest BCUT2D eigenvalue weighted by Gasteiger charge is 2.37. The van der Waals surface area contributed by atoms with Crippen LogP contribution in [-0.4, -0.2) is 34.3 Å². The van der Waals surface area contributed by atoms with Crippen LogP contribution in [0.15, 0.2) is 24.3 Å². The second-order valence-electron chi connectivity index (χ2n) is 6.09. The lowest BCUT2D eigenvalue weighted by molar-refractivity contribution is 0.0206. The number of aliphatic hydroxyl groups is 1. The minimum atomic E-state index is -0.615. The first-order chi connectivity index (χ1) is 9.26. The molecule has 1 heterocycles. The Hall–Kier alpha value is -1.62. The first-order valence-corrected chi connectivity index (χ1v) is 6.69. The molecular formula is C15H20FNO3. The van der Waals surface area contributed by atoms with Gasteiger partial charge in [-0.05, 0) is 44.9 Å². The van der Waals surface area contributed by atoms with E-state index in [1.54, 1.807) is 32.9 Å². The molecule has 1 aliphatic heterocycles. The number of aliphatic hydroxyl groups excluding tert-OH is 1. The molecule has 1 aromatic carbocycles. The van der Waals surface area contributed by atoms with E-state index in [0.717, 1.165) is 0 Å². The molecule has 4 nitrogen and oxygen atoms in total. The van der Waals surface area contributed by atoms with Crippen LogP contribution in [0, 0.1) is 5.82 Å². The van der Waals surface area contributed by atoms with E-state index in [9.17, 15) is 14.3 Å². The normalized spacial score (nSPS) is 22.9. The molecule has 0 aliphatic carbocycles. The van der Waals surface area contributed by atoms with Crippen LogP contribution >= 0.6 is 0 Å². The zero-order valence-electron chi connectivity index (χ0n) is 12.0. The maximum absolute atomic E-state index is 13.3. The van der Waals surface area contributed by atoms with Gasteiger partial charge in [-0.3, -0.25) is 4.90 Å². The summed E-state index contributed by atoms with van der Waals surface area (Å²) in [5.41, 5.74) is 0.0734. The Morgan fingerprint density at radius 1 is 1.45 bits per heavy atom. The topological polar surface area (TPSA) is 49.8 Å². The number of carbonyl (C=O) groups is 1. The molecule has 2 atom stereocenters. The highest BCUT2D eigenvalue weighted by atomic mass is 19.1.